The molecule has 0 spiro atoms. The first kappa shape index (κ1) is 24.2. The van der Waals surface area contributed by atoms with Gasteiger partial charge in [-0.25, -0.2) is 9.67 Å². The highest BCUT2D eigenvalue weighted by Gasteiger charge is 2.30. The smallest absolute Gasteiger partial charge is 0.417 e. The van der Waals surface area contributed by atoms with E-state index in [2.05, 4.69) is 34.1 Å². The average Bonchev–Trinajstić information content (AvgIpc) is 3.18. The summed E-state index contributed by atoms with van der Waals surface area (Å²) in [5, 5.41) is 6.95. The number of anilines is 1. The summed E-state index contributed by atoms with van der Waals surface area (Å²) in [6, 6.07) is 9.26. The zero-order valence-corrected chi connectivity index (χ0v) is 18.7. The number of likely N-dealkylation sites (N-methyl/N-ethyl adjacent to an activating group) is 1. The number of hydrogen-bond donors (Lipinski definition) is 1. The van der Waals surface area contributed by atoms with Crippen LogP contribution in [0.15, 0.2) is 48.8 Å². The van der Waals surface area contributed by atoms with E-state index in [4.69, 9.17) is 4.74 Å². The van der Waals surface area contributed by atoms with Gasteiger partial charge in [0.25, 0.3) is 5.91 Å². The van der Waals surface area contributed by atoms with Crippen LogP contribution in [0.3, 0.4) is 0 Å². The van der Waals surface area contributed by atoms with E-state index >= 15 is 0 Å². The van der Waals surface area contributed by atoms with E-state index in [1.54, 1.807) is 25.1 Å². The lowest BCUT2D eigenvalue weighted by atomic mass is 10.2. The van der Waals surface area contributed by atoms with Crippen molar-refractivity contribution in [1.29, 1.82) is 0 Å². The van der Waals surface area contributed by atoms with Gasteiger partial charge in [-0.3, -0.25) is 4.79 Å². The number of para-hydroxylation sites is 2. The van der Waals surface area contributed by atoms with Crippen LogP contribution in [0.2, 0.25) is 0 Å². The van der Waals surface area contributed by atoms with Crippen LogP contribution >= 0.6 is 0 Å². The van der Waals surface area contributed by atoms with Crippen LogP contribution in [-0.2, 0) is 6.18 Å². The minimum Gasteiger partial charge on any atom is -0.490 e. The van der Waals surface area contributed by atoms with Gasteiger partial charge in [0.15, 0.2) is 5.82 Å². The van der Waals surface area contributed by atoms with Crippen molar-refractivity contribution in [3.8, 4) is 11.6 Å². The van der Waals surface area contributed by atoms with Gasteiger partial charge in [0.1, 0.15) is 12.4 Å². The van der Waals surface area contributed by atoms with E-state index in [9.17, 15) is 18.0 Å². The molecule has 176 valence electrons. The first-order valence-corrected chi connectivity index (χ1v) is 10.6. The van der Waals surface area contributed by atoms with Gasteiger partial charge in [0.2, 0.25) is 0 Å². The molecule has 0 radical (unpaired) electrons. The zero-order valence-electron chi connectivity index (χ0n) is 18.7. The number of carbonyl (C=O) groups excluding carboxylic acids is 1. The quantitative estimate of drug-likeness (QED) is 0.506. The van der Waals surface area contributed by atoms with Gasteiger partial charge >= 0.3 is 6.18 Å². The topological polar surface area (TPSA) is 72.3 Å². The largest absolute Gasteiger partial charge is 0.490 e. The lowest BCUT2D eigenvalue weighted by Crippen LogP contribution is -2.28. The van der Waals surface area contributed by atoms with E-state index in [-0.39, 0.29) is 11.4 Å². The third kappa shape index (κ3) is 5.89. The third-order valence-electron chi connectivity index (χ3n) is 5.24. The van der Waals surface area contributed by atoms with Crippen molar-refractivity contribution in [1.82, 2.24) is 19.7 Å². The van der Waals surface area contributed by atoms with Crippen LogP contribution < -0.4 is 10.1 Å². The van der Waals surface area contributed by atoms with E-state index in [0.29, 0.717) is 23.7 Å². The zero-order chi connectivity index (χ0) is 24.0. The number of alkyl halides is 3. The van der Waals surface area contributed by atoms with E-state index in [1.165, 1.54) is 16.9 Å². The summed E-state index contributed by atoms with van der Waals surface area (Å²) in [5.41, 5.74) is 0.378. The fourth-order valence-corrected chi connectivity index (χ4v) is 3.25. The van der Waals surface area contributed by atoms with Crippen molar-refractivity contribution in [2.45, 2.75) is 26.9 Å². The second-order valence-corrected chi connectivity index (χ2v) is 7.28. The minimum absolute atomic E-state index is 0.180. The van der Waals surface area contributed by atoms with Crippen molar-refractivity contribution in [3.05, 3.63) is 65.6 Å². The lowest BCUT2D eigenvalue weighted by Gasteiger charge is -2.19. The number of hydrogen-bond acceptors (Lipinski definition) is 5. The summed E-state index contributed by atoms with van der Waals surface area (Å²) in [5.74, 6) is 0.317. The van der Waals surface area contributed by atoms with Crippen LogP contribution in [-0.4, -0.2) is 51.8 Å². The minimum atomic E-state index is -4.48. The van der Waals surface area contributed by atoms with Gasteiger partial charge < -0.3 is 15.0 Å². The number of pyridine rings is 1. The molecule has 0 fully saturated rings. The summed E-state index contributed by atoms with van der Waals surface area (Å²) in [6.07, 6.45) is -2.38. The molecule has 0 saturated carbocycles. The maximum atomic E-state index is 12.9. The van der Waals surface area contributed by atoms with E-state index < -0.39 is 17.6 Å². The molecule has 0 aliphatic heterocycles. The van der Waals surface area contributed by atoms with Gasteiger partial charge in [-0.2, -0.15) is 18.3 Å². The van der Waals surface area contributed by atoms with Gasteiger partial charge in [-0.1, -0.05) is 26.0 Å². The number of nitrogens with one attached hydrogen (secondary N) is 1. The Kier molecular flexibility index (Phi) is 7.70. The van der Waals surface area contributed by atoms with E-state index in [0.717, 1.165) is 31.9 Å². The number of carbonyl (C=O) groups is 1. The molecule has 3 rings (SSSR count). The molecule has 1 N–H and O–H groups in total. The van der Waals surface area contributed by atoms with Crippen LogP contribution in [0.1, 0.15) is 35.5 Å². The molecule has 0 bridgehead atoms. The lowest BCUT2D eigenvalue weighted by molar-refractivity contribution is -0.137. The Labute approximate surface area is 190 Å². The Hall–Kier alpha value is -3.40. The van der Waals surface area contributed by atoms with Crippen molar-refractivity contribution in [2.24, 2.45) is 0 Å². The third-order valence-corrected chi connectivity index (χ3v) is 5.24. The van der Waals surface area contributed by atoms with Crippen molar-refractivity contribution >= 4 is 11.6 Å². The van der Waals surface area contributed by atoms with Crippen LogP contribution in [0.5, 0.6) is 5.75 Å². The standard InChI is InChI=1S/C23H26F3N5O2/c1-4-30(5-2)12-13-33-20-9-7-6-8-19(20)29-22(32)18-15-28-31(16(18)3)21-11-10-17(14-27-21)23(24,25)26/h6-11,14-15H,4-5,12-13H2,1-3H3,(H,29,32). The monoisotopic (exact) mass is 461 g/mol. The molecule has 0 unspecified atom stereocenters. The van der Waals surface area contributed by atoms with Crippen molar-refractivity contribution < 1.29 is 22.7 Å². The summed E-state index contributed by atoms with van der Waals surface area (Å²) in [4.78, 5) is 19.0. The number of benzene rings is 1. The van der Waals surface area contributed by atoms with E-state index in [1.807, 2.05) is 6.07 Å². The Morgan fingerprint density at radius 3 is 2.48 bits per heavy atom. The van der Waals surface area contributed by atoms with Gasteiger partial charge in [-0.05, 0) is 44.3 Å². The Morgan fingerprint density at radius 2 is 1.85 bits per heavy atom. The Bertz CT molecular complexity index is 1080. The number of aromatic nitrogens is 3. The maximum Gasteiger partial charge on any atom is 0.417 e. The van der Waals surface area contributed by atoms with Gasteiger partial charge in [-0.15, -0.1) is 0 Å². The molecule has 0 aliphatic carbocycles. The van der Waals surface area contributed by atoms with Crippen molar-refractivity contribution in [2.75, 3.05) is 31.6 Å². The molecule has 7 nitrogen and oxygen atoms in total. The fraction of sp³-hybridized carbons (Fsp3) is 0.348. The predicted molar refractivity (Wildman–Crippen MR) is 119 cm³/mol. The summed E-state index contributed by atoms with van der Waals surface area (Å²) >= 11 is 0. The highest BCUT2D eigenvalue weighted by Crippen LogP contribution is 2.29. The van der Waals surface area contributed by atoms with Crippen LogP contribution in [0.25, 0.3) is 5.82 Å². The Morgan fingerprint density at radius 1 is 1.12 bits per heavy atom. The number of ether oxygens (including phenoxy) is 1. The molecular formula is C23H26F3N5O2. The van der Waals surface area contributed by atoms with Gasteiger partial charge in [0, 0.05) is 12.7 Å². The highest BCUT2D eigenvalue weighted by atomic mass is 19.4. The number of nitrogens with zero attached hydrogens (tertiary/aromatic N) is 4. The fourth-order valence-electron chi connectivity index (χ4n) is 3.25. The highest BCUT2D eigenvalue weighted by molar-refractivity contribution is 6.05. The van der Waals surface area contributed by atoms with Crippen LogP contribution in [0, 0.1) is 6.92 Å². The van der Waals surface area contributed by atoms with Crippen LogP contribution in [0.4, 0.5) is 18.9 Å². The normalized spacial score (nSPS) is 11.6. The second-order valence-electron chi connectivity index (χ2n) is 7.28. The summed E-state index contributed by atoms with van der Waals surface area (Å²) in [7, 11) is 0. The molecule has 1 aromatic carbocycles. The first-order chi connectivity index (χ1) is 15.7. The number of amides is 1. The Balaban J connectivity index is 1.73. The number of rotatable bonds is 9. The average molecular weight is 461 g/mol. The van der Waals surface area contributed by atoms with Crippen molar-refractivity contribution in [3.63, 3.8) is 0 Å². The molecule has 0 atom stereocenters. The molecule has 0 saturated heterocycles. The summed E-state index contributed by atoms with van der Waals surface area (Å²) < 4.78 is 45.5. The maximum absolute atomic E-state index is 12.9. The molecule has 1 amide bonds. The molecule has 10 heteroatoms. The molecule has 2 aromatic heterocycles. The summed E-state index contributed by atoms with van der Waals surface area (Å²) in [6.45, 7) is 8.91. The molecule has 2 heterocycles. The SMILES string of the molecule is CCN(CC)CCOc1ccccc1NC(=O)c1cnn(-c2ccc(C(F)(F)F)cn2)c1C. The van der Waals surface area contributed by atoms with Gasteiger partial charge in [0.05, 0.1) is 28.7 Å². The molecule has 0 aliphatic rings. The second kappa shape index (κ2) is 10.5. The predicted octanol–water partition coefficient (Wildman–Crippen LogP) is 4.57. The number of halogens is 3. The first-order valence-electron chi connectivity index (χ1n) is 10.6. The molecular weight excluding hydrogens is 435 g/mol. The molecule has 33 heavy (non-hydrogen) atoms. The molecule has 3 aromatic rings.